The molecule has 0 amide bonds. The Bertz CT molecular complexity index is 6540. The summed E-state index contributed by atoms with van der Waals surface area (Å²) in [7, 11) is -4.48. The maximum Gasteiger partial charge on any atom is 0.175 e. The molecule has 4 aromatic heterocycles. The number of carbonyl (C=O) groups is 1. The number of aromatic nitrogens is 8. The van der Waals surface area contributed by atoms with Crippen molar-refractivity contribution >= 4 is 90.7 Å². The van der Waals surface area contributed by atoms with Crippen LogP contribution in [0.3, 0.4) is 0 Å². The number of fused-ring (bicyclic) bond motifs is 8. The van der Waals surface area contributed by atoms with E-state index in [9.17, 15) is 50.3 Å². The predicted octanol–water partition coefficient (Wildman–Crippen LogP) is 24.5. The van der Waals surface area contributed by atoms with Crippen molar-refractivity contribution in [1.82, 2.24) is 38.2 Å². The number of imidazole rings is 4. The third kappa shape index (κ3) is 18.9. The zero-order valence-electron chi connectivity index (χ0n) is 75.9. The number of sulfone groups is 1. The van der Waals surface area contributed by atoms with E-state index >= 15 is 0 Å². The highest BCUT2D eigenvalue weighted by atomic mass is 79.9. The summed E-state index contributed by atoms with van der Waals surface area (Å²) in [5.74, 6) is -0.963. The molecule has 3 N–H and O–H groups in total. The molecule has 24 heteroatoms. The monoisotopic (exact) mass is 1900 g/mol. The van der Waals surface area contributed by atoms with E-state index in [4.69, 9.17) is 0 Å². The van der Waals surface area contributed by atoms with Gasteiger partial charge in [0.25, 0.3) is 0 Å². The molecule has 20 rings (SSSR count). The number of halogens is 5. The zero-order chi connectivity index (χ0) is 92.9. The smallest absolute Gasteiger partial charge is 0.175 e. The highest BCUT2D eigenvalue weighted by Gasteiger charge is 2.55. The fraction of sp³-hybridized carbons (Fsp3) is 0.355. The normalized spacial score (nSPS) is 23.7. The maximum atomic E-state index is 13.4. The van der Waals surface area contributed by atoms with Crippen LogP contribution in [0.25, 0.3) is 69.3 Å². The molecule has 4 saturated carbocycles. The Balaban J connectivity index is 0.000000124. The first kappa shape index (κ1) is 94.3. The molecule has 0 bridgehead atoms. The van der Waals surface area contributed by atoms with Crippen molar-refractivity contribution in [2.45, 2.75) is 188 Å². The number of aliphatic hydroxyl groups is 3. The Morgan fingerprint density at radius 3 is 1.07 bits per heavy atom. The average molecular weight is 1910 g/mol. The number of benzene rings is 8. The van der Waals surface area contributed by atoms with Gasteiger partial charge in [-0.15, -0.1) is 23.5 Å². The van der Waals surface area contributed by atoms with Crippen LogP contribution in [0, 0.1) is 68.6 Å². The van der Waals surface area contributed by atoms with E-state index < -0.39 is 37.4 Å². The van der Waals surface area contributed by atoms with Gasteiger partial charge in [0.15, 0.2) is 9.84 Å². The molecule has 8 heterocycles. The van der Waals surface area contributed by atoms with Crippen LogP contribution >= 0.6 is 39.5 Å². The van der Waals surface area contributed by atoms with Crippen LogP contribution in [-0.4, -0.2) is 97.5 Å². The number of thioether (sulfide) groups is 2. The third-order valence-corrected chi connectivity index (χ3v) is 33.5. The van der Waals surface area contributed by atoms with Gasteiger partial charge < -0.3 is 38.4 Å². The number of carbonyl (C=O) groups excluding carboxylic acids is 1. The number of hydrogen-bond donors (Lipinski definition) is 3. The van der Waals surface area contributed by atoms with E-state index in [1.165, 1.54) is 86.9 Å². The van der Waals surface area contributed by atoms with Crippen molar-refractivity contribution in [3.63, 3.8) is 0 Å². The van der Waals surface area contributed by atoms with Gasteiger partial charge in [0.2, 0.25) is 0 Å². The van der Waals surface area contributed by atoms with Crippen molar-refractivity contribution in [3.8, 4) is 45.0 Å². The van der Waals surface area contributed by atoms with Gasteiger partial charge in [-0.2, -0.15) is 0 Å². The molecule has 12 aromatic rings. The zero-order valence-corrected chi connectivity index (χ0v) is 80.7. The summed E-state index contributed by atoms with van der Waals surface area (Å²) in [4.78, 5) is 33.4. The quantitative estimate of drug-likeness (QED) is 0.0498. The second-order valence-corrected chi connectivity index (χ2v) is 44.0. The minimum atomic E-state index is -3.38. The van der Waals surface area contributed by atoms with E-state index in [0.717, 1.165) is 191 Å². The van der Waals surface area contributed by atoms with Crippen LogP contribution in [0.4, 0.5) is 17.6 Å². The molecule has 15 nitrogen and oxygen atoms in total. The minimum absolute atomic E-state index is 0.00429. The molecule has 0 radical (unpaired) electrons. The van der Waals surface area contributed by atoms with Crippen LogP contribution in [0.2, 0.25) is 0 Å². The Morgan fingerprint density at radius 2 is 0.740 bits per heavy atom. The Kier molecular flexibility index (Phi) is 27.3. The SMILES string of the molecule is CS(=O)c1cccc([C@@](C)(O)[C@H]2CCCC3=Cc4c(-c5ccc(F)cc5)ncn4C[C@@]32C)c1.CSc1cccc(Br)c1.CSc1cccc([C@@](C)(O)[C@H]2CCCC3=Cc4c(-c5ccc(F)cc5)ncn4C[C@@]32C)c1.C[C@]12Cn3cnc(-c4ccc(F)cc4)c3C=C1CCC[C@@H]2C=O.C[C@]12Cn3cnc(-c4ccc(F)cc4)c3C=C1CCC[C@@H]2[C@](C)(O)c1cccc(S(C)(=O)=O)c1. The lowest BCUT2D eigenvalue weighted by Crippen LogP contribution is -2.48. The highest BCUT2D eigenvalue weighted by molar-refractivity contribution is 9.10. The Morgan fingerprint density at radius 1 is 0.435 bits per heavy atom. The summed E-state index contributed by atoms with van der Waals surface area (Å²) in [6, 6.07) is 56.7. The molecular weight excluding hydrogens is 1790 g/mol. The van der Waals surface area contributed by atoms with Crippen molar-refractivity contribution in [3.05, 3.63) is 309 Å². The van der Waals surface area contributed by atoms with Crippen LogP contribution in [0.5, 0.6) is 0 Å². The molecule has 8 aromatic carbocycles. The summed E-state index contributed by atoms with van der Waals surface area (Å²) >= 11 is 6.84. The second kappa shape index (κ2) is 37.9. The van der Waals surface area contributed by atoms with Crippen molar-refractivity contribution in [1.29, 1.82) is 0 Å². The van der Waals surface area contributed by atoms with E-state index in [1.54, 1.807) is 103 Å². The number of allylic oxidation sites excluding steroid dienone is 4. The van der Waals surface area contributed by atoms with Gasteiger partial charge in [0, 0.05) is 136 Å². The standard InChI is InChI=1S/C27H29FN2O3S.C27H29FN2O2S.C27H29FN2OS.C19H19FN2O.C7H7BrS/c1-26-16-30-17-29-25(18-10-12-21(28)13-11-18)23(30)15-19(26)6-5-9-24(26)27(2,31)20-7-4-8-22(14-20)34(3,32)33;1-26-16-30-17-29-25(18-10-12-21(28)13-11-18)23(30)15-19(26)6-5-9-24(26)27(2,31)20-7-4-8-22(14-20)33(3)32;1-26-16-30-17-29-25(18-10-12-21(28)13-11-18)23(30)15-19(26)6-5-9-24(26)27(2,31)20-7-4-8-22(14-20)32-3;1-19-11-22-12-21-18(13-5-7-16(20)8-6-13)17(22)9-14(19)3-2-4-15(19)10-23;1-9-7-4-2-3-6(8)5-7/h4,7-8,10-15,17,24,31H,5-6,9,16H2,1-3H3;4,7-8,10-15,17,24,31H,5-6,9,16H2,1-3H3;4,7-8,10-15,17,24,31H,5-6,9,16H2,1-3H3;5-10,12,15H,2-4,11H2,1H3;2-5H,1H3/t24-,26-,27+;24-,26-,27+,33?;24-,26-,27+;15-,19+;/m0001./s1. The number of rotatable bonds is 15. The number of nitrogens with zero attached hydrogens (tertiary/aromatic N) is 8. The first-order valence-electron chi connectivity index (χ1n) is 44.9. The summed E-state index contributed by atoms with van der Waals surface area (Å²) in [6.45, 7) is 17.6. The first-order valence-corrected chi connectivity index (χ1v) is 51.6. The molecule has 131 heavy (non-hydrogen) atoms. The van der Waals surface area contributed by atoms with Gasteiger partial charge in [-0.3, -0.25) is 4.21 Å². The molecule has 1 unspecified atom stereocenters. The third-order valence-electron chi connectivity index (χ3n) is 29.5. The molecular formula is C107H113BrF4N8O7S4. The Hall–Kier alpha value is -9.89. The molecule has 0 spiro atoms. The largest absolute Gasteiger partial charge is 0.385 e. The van der Waals surface area contributed by atoms with Crippen LogP contribution < -0.4 is 0 Å². The molecule has 4 fully saturated rings. The van der Waals surface area contributed by atoms with E-state index in [-0.39, 0.29) is 73.5 Å². The summed E-state index contributed by atoms with van der Waals surface area (Å²) in [5.41, 5.74) is 14.9. The van der Waals surface area contributed by atoms with E-state index in [2.05, 4.69) is 149 Å². The van der Waals surface area contributed by atoms with Crippen LogP contribution in [0.1, 0.15) is 165 Å². The van der Waals surface area contributed by atoms with Crippen molar-refractivity contribution < 1.29 is 50.3 Å². The highest BCUT2D eigenvalue weighted by Crippen LogP contribution is 2.60. The molecule has 8 aliphatic rings. The van der Waals surface area contributed by atoms with Gasteiger partial charge >= 0.3 is 0 Å². The predicted molar refractivity (Wildman–Crippen MR) is 521 cm³/mol. The molecule has 12 atom stereocenters. The number of aldehydes is 1. The molecule has 4 aliphatic carbocycles. The number of hydrogen-bond acceptors (Lipinski definition) is 13. The molecule has 0 saturated heterocycles. The lowest BCUT2D eigenvalue weighted by molar-refractivity contribution is -0.115. The fourth-order valence-electron chi connectivity index (χ4n) is 22.3. The van der Waals surface area contributed by atoms with Crippen molar-refractivity contribution in [2.24, 2.45) is 45.3 Å². The van der Waals surface area contributed by atoms with Crippen molar-refractivity contribution in [2.75, 3.05) is 25.0 Å². The van der Waals surface area contributed by atoms with Gasteiger partial charge in [-0.05, 0) is 303 Å². The van der Waals surface area contributed by atoms with E-state index in [0.29, 0.717) is 12.1 Å². The first-order chi connectivity index (χ1) is 62.5. The fourth-order valence-corrected chi connectivity index (χ4v) is 25.0. The lowest BCUT2D eigenvalue weighted by atomic mass is 9.57. The summed E-state index contributed by atoms with van der Waals surface area (Å²) in [6.07, 6.45) is 36.1. The molecule has 4 aliphatic heterocycles. The van der Waals surface area contributed by atoms with Gasteiger partial charge in [-0.1, -0.05) is 108 Å². The van der Waals surface area contributed by atoms with Gasteiger partial charge in [-0.25, -0.2) is 45.9 Å². The molecule has 682 valence electrons. The average Bonchev–Trinajstić information content (AvgIpc) is 1.69. The lowest BCUT2D eigenvalue weighted by Gasteiger charge is -2.51. The summed E-state index contributed by atoms with van der Waals surface area (Å²) in [5, 5.41) is 35.7. The van der Waals surface area contributed by atoms with Gasteiger partial charge in [0.1, 0.15) is 29.6 Å². The van der Waals surface area contributed by atoms with Crippen LogP contribution in [0.15, 0.2) is 266 Å². The summed E-state index contributed by atoms with van der Waals surface area (Å²) < 4.78 is 99.5. The van der Waals surface area contributed by atoms with Crippen LogP contribution in [-0.2, 0) is 68.4 Å². The van der Waals surface area contributed by atoms with Gasteiger partial charge in [0.05, 0.1) is 92.6 Å². The maximum absolute atomic E-state index is 13.4. The Labute approximate surface area is 785 Å². The van der Waals surface area contributed by atoms with E-state index in [1.807, 2.05) is 87.7 Å². The topological polar surface area (TPSA) is 200 Å². The second-order valence-electron chi connectivity index (χ2n) is 37.9. The minimum Gasteiger partial charge on any atom is -0.385 e.